The van der Waals surface area contributed by atoms with Gasteiger partial charge in [0.25, 0.3) is 10.0 Å². The molecule has 3 aromatic rings. The number of H-pyrrole nitrogens is 1. The molecule has 1 aromatic carbocycles. The zero-order valence-electron chi connectivity index (χ0n) is 12.5. The predicted molar refractivity (Wildman–Crippen MR) is 88.6 cm³/mol. The molecule has 2 aromatic heterocycles. The van der Waals surface area contributed by atoms with Gasteiger partial charge in [-0.1, -0.05) is 12.1 Å². The van der Waals surface area contributed by atoms with Crippen LogP contribution in [0.3, 0.4) is 0 Å². The Morgan fingerprint density at radius 2 is 1.96 bits per heavy atom. The molecule has 0 radical (unpaired) electrons. The number of hydrogen-bond acceptors (Lipinski definition) is 4. The van der Waals surface area contributed by atoms with Crippen LogP contribution in [-0.4, -0.2) is 23.6 Å². The van der Waals surface area contributed by atoms with Crippen molar-refractivity contribution >= 4 is 42.5 Å². The molecule has 0 amide bonds. The Morgan fingerprint density at radius 1 is 1.24 bits per heavy atom. The number of alkyl halides is 3. The van der Waals surface area contributed by atoms with Gasteiger partial charge in [-0.05, 0) is 28.9 Å². The molecule has 0 aliphatic heterocycles. The van der Waals surface area contributed by atoms with Crippen LogP contribution in [-0.2, 0) is 16.2 Å². The van der Waals surface area contributed by atoms with E-state index in [0.717, 1.165) is 6.92 Å². The third kappa shape index (κ3) is 3.21. The molecular formula is C14H10BrF3N4O2S. The number of fused-ring (bicyclic) bond motifs is 1. The predicted octanol–water partition coefficient (Wildman–Crippen LogP) is 3.85. The standard InChI is InChI=1S/C14H10BrF3N4O2S/c1-7-12(14(16,17)18)20-21-13(7)22-25(23,24)10-4-2-3-8-5-19-6-9(15)11(8)10/h2-6H,1H3,(H2,20,21,22). The molecule has 0 spiro atoms. The maximum Gasteiger partial charge on any atom is 0.433 e. The summed E-state index contributed by atoms with van der Waals surface area (Å²) >= 11 is 3.25. The van der Waals surface area contributed by atoms with Gasteiger partial charge in [0.15, 0.2) is 5.82 Å². The number of halogens is 4. The van der Waals surface area contributed by atoms with Crippen molar-refractivity contribution in [3.63, 3.8) is 0 Å². The van der Waals surface area contributed by atoms with E-state index in [-0.39, 0.29) is 10.5 Å². The number of pyridine rings is 1. The van der Waals surface area contributed by atoms with Crippen LogP contribution in [0, 0.1) is 6.92 Å². The summed E-state index contributed by atoms with van der Waals surface area (Å²) in [6.45, 7) is 1.13. The van der Waals surface area contributed by atoms with Crippen molar-refractivity contribution in [3.05, 3.63) is 46.3 Å². The van der Waals surface area contributed by atoms with Crippen LogP contribution in [0.1, 0.15) is 11.3 Å². The summed E-state index contributed by atoms with van der Waals surface area (Å²) in [5.74, 6) is -0.408. The Morgan fingerprint density at radius 3 is 2.60 bits per heavy atom. The second-order valence-electron chi connectivity index (χ2n) is 5.15. The lowest BCUT2D eigenvalue weighted by Crippen LogP contribution is -2.15. The first-order valence-electron chi connectivity index (χ1n) is 6.78. The van der Waals surface area contributed by atoms with Gasteiger partial charge in [0.05, 0.1) is 4.90 Å². The van der Waals surface area contributed by atoms with E-state index in [2.05, 4.69) is 30.7 Å². The molecule has 0 fully saturated rings. The van der Waals surface area contributed by atoms with Crippen LogP contribution < -0.4 is 4.72 Å². The number of rotatable bonds is 3. The minimum Gasteiger partial charge on any atom is -0.271 e. The van der Waals surface area contributed by atoms with Gasteiger partial charge in [0.2, 0.25) is 0 Å². The Balaban J connectivity index is 2.09. The minimum atomic E-state index is -4.66. The fourth-order valence-corrected chi connectivity index (χ4v) is 4.35. The third-order valence-corrected chi connectivity index (χ3v) is 5.50. The highest BCUT2D eigenvalue weighted by molar-refractivity contribution is 9.10. The quantitative estimate of drug-likeness (QED) is 0.655. The smallest absolute Gasteiger partial charge is 0.271 e. The largest absolute Gasteiger partial charge is 0.433 e. The summed E-state index contributed by atoms with van der Waals surface area (Å²) in [4.78, 5) is 3.86. The van der Waals surface area contributed by atoms with Gasteiger partial charge in [-0.3, -0.25) is 14.8 Å². The lowest BCUT2D eigenvalue weighted by Gasteiger charge is -2.11. The number of nitrogens with one attached hydrogen (secondary N) is 2. The molecule has 0 aliphatic carbocycles. The first kappa shape index (κ1) is 17.7. The fourth-order valence-electron chi connectivity index (χ4n) is 2.34. The zero-order valence-corrected chi connectivity index (χ0v) is 14.9. The molecule has 0 saturated heterocycles. The molecule has 0 atom stereocenters. The highest BCUT2D eigenvalue weighted by Crippen LogP contribution is 2.34. The average Bonchev–Trinajstić information content (AvgIpc) is 2.87. The van der Waals surface area contributed by atoms with Crippen molar-refractivity contribution in [2.24, 2.45) is 0 Å². The fraction of sp³-hybridized carbons (Fsp3) is 0.143. The van der Waals surface area contributed by atoms with E-state index in [1.807, 2.05) is 5.10 Å². The van der Waals surface area contributed by atoms with Crippen LogP contribution >= 0.6 is 15.9 Å². The van der Waals surface area contributed by atoms with Crippen LogP contribution in [0.2, 0.25) is 0 Å². The summed E-state index contributed by atoms with van der Waals surface area (Å²) in [6, 6.07) is 4.54. The first-order chi connectivity index (χ1) is 11.6. The van der Waals surface area contributed by atoms with Gasteiger partial charge in [0.1, 0.15) is 5.69 Å². The van der Waals surface area contributed by atoms with Gasteiger partial charge >= 0.3 is 6.18 Å². The van der Waals surface area contributed by atoms with E-state index in [0.29, 0.717) is 15.2 Å². The molecule has 6 nitrogen and oxygen atoms in total. The maximum absolute atomic E-state index is 12.8. The Bertz CT molecular complexity index is 1060. The second kappa shape index (κ2) is 5.99. The average molecular weight is 435 g/mol. The molecule has 0 bridgehead atoms. The number of sulfonamides is 1. The molecular weight excluding hydrogens is 425 g/mol. The van der Waals surface area contributed by atoms with Crippen molar-refractivity contribution in [3.8, 4) is 0 Å². The van der Waals surface area contributed by atoms with Crippen molar-refractivity contribution < 1.29 is 21.6 Å². The Labute approximate surface area is 148 Å². The minimum absolute atomic E-state index is 0.102. The maximum atomic E-state index is 12.8. The highest BCUT2D eigenvalue weighted by Gasteiger charge is 2.36. The zero-order chi connectivity index (χ0) is 18.4. The van der Waals surface area contributed by atoms with E-state index >= 15 is 0 Å². The lowest BCUT2D eigenvalue weighted by molar-refractivity contribution is -0.141. The van der Waals surface area contributed by atoms with Crippen LogP contribution in [0.25, 0.3) is 10.8 Å². The van der Waals surface area contributed by atoms with Crippen molar-refractivity contribution in [1.82, 2.24) is 15.2 Å². The van der Waals surface area contributed by atoms with Gasteiger partial charge in [-0.25, -0.2) is 8.42 Å². The van der Waals surface area contributed by atoms with Crippen molar-refractivity contribution in [2.75, 3.05) is 4.72 Å². The van der Waals surface area contributed by atoms with Gasteiger partial charge in [-0.15, -0.1) is 0 Å². The summed E-state index contributed by atoms with van der Waals surface area (Å²) in [6.07, 6.45) is -1.74. The lowest BCUT2D eigenvalue weighted by atomic mass is 10.2. The summed E-state index contributed by atoms with van der Waals surface area (Å²) in [5.41, 5.74) is -1.44. The van der Waals surface area contributed by atoms with E-state index in [9.17, 15) is 21.6 Å². The number of aromatic nitrogens is 3. The molecule has 132 valence electrons. The Kier molecular flexibility index (Phi) is 4.23. The summed E-state index contributed by atoms with van der Waals surface area (Å²) in [5, 5.41) is 6.18. The van der Waals surface area contributed by atoms with Crippen LogP contribution in [0.15, 0.2) is 40.0 Å². The Hall–Kier alpha value is -2.14. The topological polar surface area (TPSA) is 87.7 Å². The number of nitrogens with zero attached hydrogens (tertiary/aromatic N) is 2. The normalized spacial score (nSPS) is 12.5. The van der Waals surface area contributed by atoms with E-state index in [1.165, 1.54) is 24.5 Å². The number of hydrogen-bond donors (Lipinski definition) is 2. The summed E-state index contributed by atoms with van der Waals surface area (Å²) < 4.78 is 66.4. The molecule has 3 rings (SSSR count). The molecule has 0 unspecified atom stereocenters. The molecule has 2 heterocycles. The number of benzene rings is 1. The monoisotopic (exact) mass is 434 g/mol. The number of anilines is 1. The van der Waals surface area contributed by atoms with E-state index in [1.54, 1.807) is 6.07 Å². The van der Waals surface area contributed by atoms with Gasteiger partial charge in [-0.2, -0.15) is 18.3 Å². The second-order valence-corrected chi connectivity index (χ2v) is 7.66. The SMILES string of the molecule is Cc1c(NS(=O)(=O)c2cccc3cncc(Br)c23)n[nH]c1C(F)(F)F. The summed E-state index contributed by atoms with van der Waals surface area (Å²) in [7, 11) is -4.17. The first-order valence-corrected chi connectivity index (χ1v) is 9.06. The van der Waals surface area contributed by atoms with E-state index < -0.39 is 27.7 Å². The van der Waals surface area contributed by atoms with E-state index in [4.69, 9.17) is 0 Å². The van der Waals surface area contributed by atoms with Crippen molar-refractivity contribution in [1.29, 1.82) is 0 Å². The third-order valence-electron chi connectivity index (χ3n) is 3.51. The molecule has 0 aliphatic rings. The van der Waals surface area contributed by atoms with Gasteiger partial charge < -0.3 is 0 Å². The molecule has 11 heteroatoms. The molecule has 2 N–H and O–H groups in total. The molecule has 25 heavy (non-hydrogen) atoms. The van der Waals surface area contributed by atoms with Gasteiger partial charge in [0, 0.05) is 33.2 Å². The van der Waals surface area contributed by atoms with Crippen molar-refractivity contribution in [2.45, 2.75) is 18.0 Å². The molecule has 0 saturated carbocycles. The van der Waals surface area contributed by atoms with Crippen LogP contribution in [0.5, 0.6) is 0 Å². The highest BCUT2D eigenvalue weighted by atomic mass is 79.9. The van der Waals surface area contributed by atoms with Crippen LogP contribution in [0.4, 0.5) is 19.0 Å². The number of aromatic amines is 1.